The predicted octanol–water partition coefficient (Wildman–Crippen LogP) is 7.92. The first-order valence-electron chi connectivity index (χ1n) is 13.0. The highest BCUT2D eigenvalue weighted by Crippen LogP contribution is 2.50. The van der Waals surface area contributed by atoms with E-state index in [1.807, 2.05) is 19.1 Å². The van der Waals surface area contributed by atoms with Crippen molar-refractivity contribution < 1.29 is 13.6 Å². The van der Waals surface area contributed by atoms with E-state index in [9.17, 15) is 4.79 Å². The average Bonchev–Trinajstić information content (AvgIpc) is 3.69. The zero-order chi connectivity index (χ0) is 25.4. The third-order valence-electron chi connectivity index (χ3n) is 8.25. The SMILES string of the molecule is CCC(C)(C)C(F)(F)c1cc(C)cc([C@](NC(=O)C2CC2)(c2ccc(Cl)cn2)C2CCCCC2)c1. The Morgan fingerprint density at radius 3 is 2.29 bits per heavy atom. The molecule has 6 heteroatoms. The highest BCUT2D eigenvalue weighted by molar-refractivity contribution is 6.30. The standard InChI is InChI=1S/C29H37ClF2N2O/c1-5-27(3,4)29(31,32)23-16-19(2)15-22(17-23)28(21-9-7-6-8-10-21,34-26(35)20-11-12-20)25-14-13-24(30)18-33-25/h13-18,20-21H,5-12H2,1-4H3,(H,34,35)/t28-/m0/s1. The van der Waals surface area contributed by atoms with Gasteiger partial charge in [0.25, 0.3) is 5.92 Å². The van der Waals surface area contributed by atoms with Crippen LogP contribution < -0.4 is 5.32 Å². The summed E-state index contributed by atoms with van der Waals surface area (Å²) in [4.78, 5) is 18.0. The number of nitrogens with one attached hydrogen (secondary N) is 1. The van der Waals surface area contributed by atoms with E-state index in [-0.39, 0.29) is 23.3 Å². The summed E-state index contributed by atoms with van der Waals surface area (Å²) in [5.41, 5.74) is -0.0977. The molecule has 0 saturated heterocycles. The van der Waals surface area contributed by atoms with Crippen molar-refractivity contribution in [2.75, 3.05) is 0 Å². The highest BCUT2D eigenvalue weighted by atomic mass is 35.5. The monoisotopic (exact) mass is 502 g/mol. The largest absolute Gasteiger partial charge is 0.340 e. The number of aromatic nitrogens is 1. The number of carbonyl (C=O) groups is 1. The molecule has 1 N–H and O–H groups in total. The van der Waals surface area contributed by atoms with Gasteiger partial charge in [0.15, 0.2) is 0 Å². The molecule has 2 aliphatic carbocycles. The Bertz CT molecular complexity index is 1060. The van der Waals surface area contributed by atoms with Gasteiger partial charge in [-0.2, -0.15) is 0 Å². The molecule has 0 spiro atoms. The number of hydrogen-bond donors (Lipinski definition) is 1. The lowest BCUT2D eigenvalue weighted by Gasteiger charge is -2.44. The first-order chi connectivity index (χ1) is 16.5. The molecule has 2 fully saturated rings. The van der Waals surface area contributed by atoms with Gasteiger partial charge in [0.05, 0.1) is 10.7 Å². The second-order valence-electron chi connectivity index (χ2n) is 11.2. The van der Waals surface area contributed by atoms with Gasteiger partial charge >= 0.3 is 0 Å². The molecular formula is C29H37ClF2N2O. The normalized spacial score (nSPS) is 19.3. The number of hydrogen-bond acceptors (Lipinski definition) is 2. The van der Waals surface area contributed by atoms with Crippen LogP contribution in [-0.2, 0) is 16.3 Å². The number of alkyl halides is 2. The Kier molecular flexibility index (Phi) is 7.30. The number of benzene rings is 1. The Morgan fingerprint density at radius 2 is 1.71 bits per heavy atom. The number of amides is 1. The van der Waals surface area contributed by atoms with E-state index in [1.165, 1.54) is 0 Å². The van der Waals surface area contributed by atoms with Crippen LogP contribution >= 0.6 is 11.6 Å². The Balaban J connectivity index is 1.96. The fourth-order valence-corrected chi connectivity index (χ4v) is 5.53. The molecule has 2 aliphatic rings. The molecule has 0 unspecified atom stereocenters. The van der Waals surface area contributed by atoms with Gasteiger partial charge in [-0.15, -0.1) is 0 Å². The van der Waals surface area contributed by atoms with Crippen molar-refractivity contribution in [2.45, 2.75) is 90.5 Å². The van der Waals surface area contributed by atoms with Crippen LogP contribution in [0.5, 0.6) is 0 Å². The summed E-state index contributed by atoms with van der Waals surface area (Å²) >= 11 is 6.19. The van der Waals surface area contributed by atoms with Crippen LogP contribution in [0.25, 0.3) is 0 Å². The van der Waals surface area contributed by atoms with Crippen molar-refractivity contribution in [3.05, 3.63) is 63.9 Å². The molecular weight excluding hydrogens is 466 g/mol. The molecule has 2 saturated carbocycles. The fourth-order valence-electron chi connectivity index (χ4n) is 5.42. The van der Waals surface area contributed by atoms with Crippen LogP contribution in [0.2, 0.25) is 5.02 Å². The number of rotatable bonds is 8. The van der Waals surface area contributed by atoms with Gasteiger partial charge in [0, 0.05) is 23.1 Å². The van der Waals surface area contributed by atoms with Gasteiger partial charge in [-0.25, -0.2) is 8.78 Å². The number of carbonyl (C=O) groups excluding carboxylic acids is 1. The van der Waals surface area contributed by atoms with Crippen LogP contribution in [0, 0.1) is 24.2 Å². The maximum Gasteiger partial charge on any atom is 0.278 e. The van der Waals surface area contributed by atoms with Crippen LogP contribution in [0.3, 0.4) is 0 Å². The zero-order valence-electron chi connectivity index (χ0n) is 21.3. The molecule has 0 bridgehead atoms. The van der Waals surface area contributed by atoms with Crippen LogP contribution in [-0.4, -0.2) is 10.9 Å². The van der Waals surface area contributed by atoms with Crippen molar-refractivity contribution in [1.29, 1.82) is 0 Å². The van der Waals surface area contributed by atoms with Crippen LogP contribution in [0.15, 0.2) is 36.5 Å². The van der Waals surface area contributed by atoms with E-state index in [0.717, 1.165) is 50.5 Å². The van der Waals surface area contributed by atoms with Crippen molar-refractivity contribution in [1.82, 2.24) is 10.3 Å². The van der Waals surface area contributed by atoms with E-state index < -0.39 is 16.9 Å². The molecule has 1 aromatic heterocycles. The number of aryl methyl sites for hydroxylation is 1. The van der Waals surface area contributed by atoms with Gasteiger partial charge in [-0.3, -0.25) is 9.78 Å². The maximum absolute atomic E-state index is 15.9. The van der Waals surface area contributed by atoms with Crippen LogP contribution in [0.1, 0.15) is 94.5 Å². The van der Waals surface area contributed by atoms with Gasteiger partial charge in [-0.1, -0.05) is 69.3 Å². The van der Waals surface area contributed by atoms with E-state index in [2.05, 4.69) is 10.3 Å². The fraction of sp³-hybridized carbons (Fsp3) is 0.586. The third-order valence-corrected chi connectivity index (χ3v) is 8.47. The predicted molar refractivity (Wildman–Crippen MR) is 137 cm³/mol. The highest BCUT2D eigenvalue weighted by Gasteiger charge is 2.50. The molecule has 1 heterocycles. The molecule has 35 heavy (non-hydrogen) atoms. The Hall–Kier alpha value is -2.01. The first kappa shape index (κ1) is 26.1. The molecule has 190 valence electrons. The minimum absolute atomic E-state index is 0.00540. The molecule has 1 amide bonds. The van der Waals surface area contributed by atoms with Crippen molar-refractivity contribution >= 4 is 17.5 Å². The second-order valence-corrected chi connectivity index (χ2v) is 11.6. The van der Waals surface area contributed by atoms with Crippen molar-refractivity contribution in [2.24, 2.45) is 17.3 Å². The lowest BCUT2D eigenvalue weighted by molar-refractivity contribution is -0.124. The maximum atomic E-state index is 15.9. The average molecular weight is 503 g/mol. The number of pyridine rings is 1. The summed E-state index contributed by atoms with van der Waals surface area (Å²) in [6, 6.07) is 8.79. The lowest BCUT2D eigenvalue weighted by Crippen LogP contribution is -2.53. The quantitative estimate of drug-likeness (QED) is 0.398. The molecule has 0 aliphatic heterocycles. The summed E-state index contributed by atoms with van der Waals surface area (Å²) in [5, 5.41) is 3.88. The van der Waals surface area contributed by atoms with Crippen molar-refractivity contribution in [3.63, 3.8) is 0 Å². The summed E-state index contributed by atoms with van der Waals surface area (Å²) in [6.07, 6.45) is 8.67. The summed E-state index contributed by atoms with van der Waals surface area (Å²) < 4.78 is 31.7. The van der Waals surface area contributed by atoms with E-state index in [1.54, 1.807) is 45.2 Å². The molecule has 4 rings (SSSR count). The topological polar surface area (TPSA) is 42.0 Å². The first-order valence-corrected chi connectivity index (χ1v) is 13.3. The zero-order valence-corrected chi connectivity index (χ0v) is 22.0. The Labute approximate surface area is 213 Å². The van der Waals surface area contributed by atoms with Gasteiger partial charge in [0.1, 0.15) is 5.54 Å². The smallest absolute Gasteiger partial charge is 0.278 e. The summed E-state index contributed by atoms with van der Waals surface area (Å²) in [7, 11) is 0. The van der Waals surface area contributed by atoms with E-state index >= 15 is 8.78 Å². The molecule has 0 radical (unpaired) electrons. The molecule has 3 nitrogen and oxygen atoms in total. The van der Waals surface area contributed by atoms with Gasteiger partial charge in [-0.05, 0) is 68.7 Å². The summed E-state index contributed by atoms with van der Waals surface area (Å²) in [5.74, 6) is -3.02. The van der Waals surface area contributed by atoms with E-state index in [0.29, 0.717) is 22.7 Å². The van der Waals surface area contributed by atoms with Gasteiger partial charge in [0.2, 0.25) is 5.91 Å². The molecule has 1 atom stereocenters. The van der Waals surface area contributed by atoms with Crippen molar-refractivity contribution in [3.8, 4) is 0 Å². The van der Waals surface area contributed by atoms with E-state index in [4.69, 9.17) is 11.6 Å². The molecule has 2 aromatic rings. The minimum atomic E-state index is -3.03. The number of halogens is 3. The second kappa shape index (κ2) is 9.80. The minimum Gasteiger partial charge on any atom is -0.340 e. The summed E-state index contributed by atoms with van der Waals surface area (Å²) in [6.45, 7) is 6.87. The third kappa shape index (κ3) is 4.98. The molecule has 1 aromatic carbocycles. The van der Waals surface area contributed by atoms with Crippen LogP contribution in [0.4, 0.5) is 8.78 Å². The lowest BCUT2D eigenvalue weighted by atomic mass is 9.67. The van der Waals surface area contributed by atoms with Gasteiger partial charge < -0.3 is 5.32 Å². The number of nitrogens with zero attached hydrogens (tertiary/aromatic N) is 1. The Morgan fingerprint density at radius 1 is 1.06 bits per heavy atom.